The van der Waals surface area contributed by atoms with Crippen LogP contribution in [-0.4, -0.2) is 6.21 Å². The van der Waals surface area contributed by atoms with Crippen LogP contribution >= 0.6 is 0 Å². The van der Waals surface area contributed by atoms with E-state index in [1.54, 1.807) is 0 Å². The maximum atomic E-state index is 8.41. The second kappa shape index (κ2) is 6.33. The van der Waals surface area contributed by atoms with Gasteiger partial charge in [-0.15, -0.1) is 0 Å². The summed E-state index contributed by atoms with van der Waals surface area (Å²) in [6.07, 6.45) is 1.08. The van der Waals surface area contributed by atoms with Gasteiger partial charge in [-0.05, 0) is 5.56 Å². The zero-order chi connectivity index (χ0) is 7.82. The van der Waals surface area contributed by atoms with Crippen molar-refractivity contribution < 1.29 is 19.8 Å². The second-order valence-corrected chi connectivity index (χ2v) is 1.54. The van der Waals surface area contributed by atoms with Gasteiger partial charge in [0.15, 0.2) is 0 Å². The summed E-state index contributed by atoms with van der Waals surface area (Å²) in [5.74, 6) is 0. The molecule has 0 aromatic heterocycles. The van der Waals surface area contributed by atoms with Crippen molar-refractivity contribution in [2.24, 2.45) is 0 Å². The van der Waals surface area contributed by atoms with E-state index in [0.29, 0.717) is 0 Å². The average molecular weight is 176 g/mol. The normalized spacial score (nSPS) is 7.20. The Morgan fingerprint density at radius 3 is 2.00 bits per heavy atom. The molecule has 0 amide bonds. The van der Waals surface area contributed by atoms with Crippen molar-refractivity contribution >= 4 is 6.21 Å². The number of nitrogens with zero attached hydrogens (tertiary/aromatic N) is 1. The van der Waals surface area contributed by atoms with E-state index in [0.717, 1.165) is 11.8 Å². The van der Waals surface area contributed by atoms with E-state index >= 15 is 0 Å². The Labute approximate surface area is 67.8 Å². The molecule has 1 aromatic carbocycles. The van der Waals surface area contributed by atoms with Crippen molar-refractivity contribution in [3.05, 3.63) is 41.3 Å². The van der Waals surface area contributed by atoms with Gasteiger partial charge < -0.3 is 5.41 Å². The number of hydrogen-bond acceptors (Lipinski definition) is 1. The molecule has 2 nitrogen and oxygen atoms in total. The zero-order valence-corrected chi connectivity index (χ0v) is 6.28. The van der Waals surface area contributed by atoms with Crippen LogP contribution in [0, 0.1) is 0 Å². The van der Waals surface area contributed by atoms with Crippen LogP contribution in [0.25, 0.3) is 5.41 Å². The fraction of sp³-hybridized carbons (Fsp3) is 0. The molecular formula is C7H6FeNO. The van der Waals surface area contributed by atoms with Crippen LogP contribution in [0.4, 0.5) is 0 Å². The summed E-state index contributed by atoms with van der Waals surface area (Å²) in [6.45, 7) is 0. The predicted octanol–water partition coefficient (Wildman–Crippen LogP) is 1.55. The molecule has 0 heterocycles. The van der Waals surface area contributed by atoms with Crippen molar-refractivity contribution in [3.8, 4) is 0 Å². The van der Waals surface area contributed by atoms with Crippen LogP contribution in [0.5, 0.6) is 0 Å². The maximum absolute atomic E-state index is 8.41. The molecular weight excluding hydrogens is 170 g/mol. The van der Waals surface area contributed by atoms with Gasteiger partial charge in [-0.1, -0.05) is 30.3 Å². The fourth-order valence-electron chi connectivity index (χ4n) is 0.539. The Balaban J connectivity index is 0.000000371. The van der Waals surface area contributed by atoms with Crippen LogP contribution in [-0.2, 0) is 19.8 Å². The molecule has 0 spiro atoms. The van der Waals surface area contributed by atoms with Crippen LogP contribution < -0.4 is 0 Å². The van der Waals surface area contributed by atoms with Crippen LogP contribution in [0.3, 0.4) is 0 Å². The van der Waals surface area contributed by atoms with E-state index in [4.69, 9.17) is 9.24 Å². The van der Waals surface area contributed by atoms with Gasteiger partial charge in [0.25, 0.3) is 0 Å². The first-order chi connectivity index (χ1) is 4.93. The molecule has 0 fully saturated rings. The molecule has 3 heteroatoms. The quantitative estimate of drug-likeness (QED) is 0.472. The number of hydrogen-bond donors (Lipinski definition) is 0. The molecule has 0 aliphatic rings. The van der Waals surface area contributed by atoms with Crippen LogP contribution in [0.2, 0.25) is 0 Å². The summed E-state index contributed by atoms with van der Waals surface area (Å²) >= 11 is 2.00. The van der Waals surface area contributed by atoms with E-state index < -0.39 is 0 Å². The fourth-order valence-corrected chi connectivity index (χ4v) is 0.539. The molecule has 0 radical (unpaired) electrons. The second-order valence-electron chi connectivity index (χ2n) is 1.54. The molecule has 0 atom stereocenters. The third kappa shape index (κ3) is 3.28. The molecule has 0 aliphatic heterocycles. The average Bonchev–Trinajstić information content (AvgIpc) is 2.10. The van der Waals surface area contributed by atoms with Gasteiger partial charge in [-0.2, -0.15) is 6.21 Å². The summed E-state index contributed by atoms with van der Waals surface area (Å²) in [7, 11) is 0. The summed E-state index contributed by atoms with van der Waals surface area (Å²) in [5, 5.41) is 8.41. The number of rotatable bonds is 1. The molecule has 0 saturated carbocycles. The third-order valence-electron chi connectivity index (χ3n) is 0.949. The minimum absolute atomic E-state index is 0.840. The van der Waals surface area contributed by atoms with Crippen molar-refractivity contribution in [1.82, 2.24) is 0 Å². The Hall–Kier alpha value is -0.791. The molecule has 0 N–H and O–H groups in total. The van der Waals surface area contributed by atoms with Gasteiger partial charge in [0.1, 0.15) is 0 Å². The third-order valence-corrected chi connectivity index (χ3v) is 0.949. The van der Waals surface area contributed by atoms with Crippen LogP contribution in [0.15, 0.2) is 30.3 Å². The summed E-state index contributed by atoms with van der Waals surface area (Å²) in [5.41, 5.74) is 0.840. The Morgan fingerprint density at radius 2 is 1.70 bits per heavy atom. The predicted molar refractivity (Wildman–Crippen MR) is 35.7 cm³/mol. The topological polar surface area (TPSA) is 39.4 Å². The van der Waals surface area contributed by atoms with E-state index in [2.05, 4.69) is 0 Å². The van der Waals surface area contributed by atoms with Crippen LogP contribution in [0.1, 0.15) is 5.56 Å². The zero-order valence-electron chi connectivity index (χ0n) is 5.17. The number of benzene rings is 1. The molecule has 1 aromatic rings. The first-order valence-electron chi connectivity index (χ1n) is 2.60. The molecule has 1 rings (SSSR count). The minimum atomic E-state index is 0.840. The molecule has 0 aliphatic carbocycles. The Bertz CT molecular complexity index is 188. The Kier molecular flexibility index (Phi) is 5.83. The Morgan fingerprint density at radius 1 is 1.20 bits per heavy atom. The van der Waals surface area contributed by atoms with E-state index in [9.17, 15) is 0 Å². The molecule has 53 valence electrons. The van der Waals surface area contributed by atoms with Gasteiger partial charge in [0.05, 0.1) is 0 Å². The van der Waals surface area contributed by atoms with Crippen molar-refractivity contribution in [1.29, 1.82) is 0 Å². The van der Waals surface area contributed by atoms with Crippen molar-refractivity contribution in [2.75, 3.05) is 0 Å². The van der Waals surface area contributed by atoms with Crippen molar-refractivity contribution in [3.63, 3.8) is 0 Å². The van der Waals surface area contributed by atoms with Gasteiger partial charge in [-0.25, -0.2) is 0 Å². The van der Waals surface area contributed by atoms with E-state index in [1.807, 2.05) is 46.3 Å². The van der Waals surface area contributed by atoms with E-state index in [-0.39, 0.29) is 0 Å². The monoisotopic (exact) mass is 176 g/mol. The van der Waals surface area contributed by atoms with E-state index in [1.165, 1.54) is 0 Å². The van der Waals surface area contributed by atoms with Gasteiger partial charge in [0, 0.05) is 0 Å². The molecule has 10 heavy (non-hydrogen) atoms. The van der Waals surface area contributed by atoms with Crippen molar-refractivity contribution in [2.45, 2.75) is 0 Å². The van der Waals surface area contributed by atoms with Gasteiger partial charge >= 0.3 is 19.8 Å². The first kappa shape index (κ1) is 9.21. The summed E-state index contributed by atoms with van der Waals surface area (Å²) in [4.78, 5) is 0. The first-order valence-corrected chi connectivity index (χ1v) is 3.05. The SMILES string of the molecule is [N-]=Cc1ccccc1.[O]=[Fe+]. The molecule has 0 saturated heterocycles. The standard InChI is InChI=1S/C7H6N.Fe.O/c8-6-7-4-2-1-3-5-7;;/h1-6H;;/q-1;+1;. The van der Waals surface area contributed by atoms with Gasteiger partial charge in [-0.3, -0.25) is 0 Å². The molecule has 0 unspecified atom stereocenters. The summed E-state index contributed by atoms with van der Waals surface area (Å²) in [6, 6.07) is 9.33. The van der Waals surface area contributed by atoms with Gasteiger partial charge in [0.2, 0.25) is 0 Å². The molecule has 0 bridgehead atoms. The summed E-state index contributed by atoms with van der Waals surface area (Å²) < 4.78 is 8.00.